The predicted molar refractivity (Wildman–Crippen MR) is 113 cm³/mol. The van der Waals surface area contributed by atoms with Crippen molar-refractivity contribution in [2.45, 2.75) is 25.9 Å². The third kappa shape index (κ3) is 3.38. The van der Waals surface area contributed by atoms with Gasteiger partial charge in [0.05, 0.1) is 0 Å². The molecule has 124 valence electrons. The predicted octanol–water partition coefficient (Wildman–Crippen LogP) is 5.48. The van der Waals surface area contributed by atoms with Crippen molar-refractivity contribution >= 4 is 31.1 Å². The van der Waals surface area contributed by atoms with Gasteiger partial charge in [-0.2, -0.15) is 0 Å². The molecule has 0 unspecified atom stereocenters. The van der Waals surface area contributed by atoms with Crippen LogP contribution in [0.5, 0.6) is 0 Å². The number of rotatable bonds is 4. The van der Waals surface area contributed by atoms with E-state index < -0.39 is 0 Å². The lowest BCUT2D eigenvalue weighted by molar-refractivity contribution is 1.31. The van der Waals surface area contributed by atoms with E-state index in [0.29, 0.717) is 0 Å². The van der Waals surface area contributed by atoms with Crippen LogP contribution in [-0.2, 0) is 12.1 Å². The van der Waals surface area contributed by atoms with E-state index in [0.717, 1.165) is 0 Å². The van der Waals surface area contributed by atoms with Gasteiger partial charge in [0.2, 0.25) is 0 Å². The Labute approximate surface area is 152 Å². The summed E-state index contributed by atoms with van der Waals surface area (Å²) in [7, 11) is -0.194. The first-order valence-corrected chi connectivity index (χ1v) is 11.2. The zero-order chi connectivity index (χ0) is 17.2. The van der Waals surface area contributed by atoms with Crippen LogP contribution >= 0.6 is 0 Å². The minimum atomic E-state index is -0.194. The van der Waals surface area contributed by atoms with Crippen LogP contribution in [0.1, 0.15) is 22.3 Å². The standard InChI is InChI=1S/C24H24Si/c1-17-11-19-7-3-5-9-23(19)21(13-17)15-25-16-22-14-18(2)12-20-8-4-6-10-24(20)22/h3-14H,15-16,25H2,1-2H3. The molecule has 0 aliphatic heterocycles. The second-order valence-electron chi connectivity index (χ2n) is 7.14. The summed E-state index contributed by atoms with van der Waals surface area (Å²) in [6.45, 7) is 4.43. The first kappa shape index (κ1) is 16.1. The maximum Gasteiger partial charge on any atom is 0.0297 e. The van der Waals surface area contributed by atoms with E-state index in [1.165, 1.54) is 44.8 Å². The highest BCUT2D eigenvalue weighted by molar-refractivity contribution is 6.35. The van der Waals surface area contributed by atoms with Crippen molar-refractivity contribution in [3.05, 3.63) is 95.1 Å². The first-order valence-electron chi connectivity index (χ1n) is 9.17. The van der Waals surface area contributed by atoms with Crippen LogP contribution in [0.3, 0.4) is 0 Å². The summed E-state index contributed by atoms with van der Waals surface area (Å²) in [4.78, 5) is 0. The van der Waals surface area contributed by atoms with Crippen LogP contribution in [0.2, 0.25) is 0 Å². The quantitative estimate of drug-likeness (QED) is 0.432. The third-order valence-corrected chi connectivity index (χ3v) is 6.86. The van der Waals surface area contributed by atoms with Crippen molar-refractivity contribution in [1.29, 1.82) is 0 Å². The zero-order valence-electron chi connectivity index (χ0n) is 15.0. The minimum Gasteiger partial charge on any atom is -0.0616 e. The largest absolute Gasteiger partial charge is 0.0616 e. The molecule has 0 nitrogen and oxygen atoms in total. The molecule has 0 radical (unpaired) electrons. The number of hydrogen-bond donors (Lipinski definition) is 0. The topological polar surface area (TPSA) is 0 Å². The van der Waals surface area contributed by atoms with E-state index in [4.69, 9.17) is 0 Å². The van der Waals surface area contributed by atoms with E-state index in [1.807, 2.05) is 0 Å². The van der Waals surface area contributed by atoms with E-state index in [1.54, 1.807) is 11.1 Å². The van der Waals surface area contributed by atoms with E-state index >= 15 is 0 Å². The molecule has 0 aliphatic rings. The van der Waals surface area contributed by atoms with E-state index in [9.17, 15) is 0 Å². The Morgan fingerprint density at radius 1 is 0.600 bits per heavy atom. The maximum atomic E-state index is 2.39. The summed E-state index contributed by atoms with van der Waals surface area (Å²) in [6.07, 6.45) is 0. The van der Waals surface area contributed by atoms with Crippen molar-refractivity contribution in [3.8, 4) is 0 Å². The number of fused-ring (bicyclic) bond motifs is 2. The van der Waals surface area contributed by atoms with Crippen LogP contribution in [-0.4, -0.2) is 9.52 Å². The van der Waals surface area contributed by atoms with Gasteiger partial charge in [-0.3, -0.25) is 0 Å². The van der Waals surface area contributed by atoms with Crippen LogP contribution in [0, 0.1) is 13.8 Å². The monoisotopic (exact) mass is 340 g/mol. The molecular weight excluding hydrogens is 316 g/mol. The summed E-state index contributed by atoms with van der Waals surface area (Å²) in [5.41, 5.74) is 5.84. The van der Waals surface area contributed by atoms with Gasteiger partial charge in [0.15, 0.2) is 0 Å². The molecule has 4 aromatic rings. The molecule has 0 amide bonds. The summed E-state index contributed by atoms with van der Waals surface area (Å²) in [5.74, 6) is 0. The van der Waals surface area contributed by atoms with Crippen LogP contribution in [0.15, 0.2) is 72.8 Å². The molecule has 0 aromatic heterocycles. The Morgan fingerprint density at radius 2 is 1.04 bits per heavy atom. The van der Waals surface area contributed by atoms with Gasteiger partial charge in [0, 0.05) is 9.52 Å². The van der Waals surface area contributed by atoms with Gasteiger partial charge in [-0.1, -0.05) is 83.9 Å². The van der Waals surface area contributed by atoms with E-state index in [-0.39, 0.29) is 9.52 Å². The Balaban J connectivity index is 1.60. The number of hydrogen-bond acceptors (Lipinski definition) is 0. The highest BCUT2D eigenvalue weighted by atomic mass is 28.2. The van der Waals surface area contributed by atoms with Gasteiger partial charge in [0.1, 0.15) is 0 Å². The fraction of sp³-hybridized carbons (Fsp3) is 0.167. The highest BCUT2D eigenvalue weighted by Gasteiger charge is 2.06. The van der Waals surface area contributed by atoms with Crippen molar-refractivity contribution in [3.63, 3.8) is 0 Å². The molecule has 0 fully saturated rings. The summed E-state index contributed by atoms with van der Waals surface area (Å²) >= 11 is 0. The lowest BCUT2D eigenvalue weighted by Gasteiger charge is -2.10. The molecule has 1 heteroatoms. The maximum absolute atomic E-state index is 2.39. The fourth-order valence-corrected chi connectivity index (χ4v) is 5.76. The highest BCUT2D eigenvalue weighted by Crippen LogP contribution is 2.23. The van der Waals surface area contributed by atoms with Crippen molar-refractivity contribution < 1.29 is 0 Å². The molecule has 25 heavy (non-hydrogen) atoms. The molecule has 0 aliphatic carbocycles. The second-order valence-corrected chi connectivity index (χ2v) is 8.85. The summed E-state index contributed by atoms with van der Waals surface area (Å²) < 4.78 is 0. The normalized spacial score (nSPS) is 11.3. The van der Waals surface area contributed by atoms with Crippen molar-refractivity contribution in [2.24, 2.45) is 0 Å². The average molecular weight is 341 g/mol. The molecule has 0 bridgehead atoms. The van der Waals surface area contributed by atoms with Gasteiger partial charge in [-0.25, -0.2) is 0 Å². The summed E-state index contributed by atoms with van der Waals surface area (Å²) in [6, 6.07) is 29.6. The lowest BCUT2D eigenvalue weighted by atomic mass is 10.0. The number of benzene rings is 4. The Hall–Kier alpha value is -2.38. The molecule has 0 saturated carbocycles. The molecule has 0 spiro atoms. The second kappa shape index (κ2) is 6.85. The van der Waals surface area contributed by atoms with Crippen LogP contribution in [0.25, 0.3) is 21.5 Å². The Kier molecular flexibility index (Phi) is 4.41. The smallest absolute Gasteiger partial charge is 0.0297 e. The number of aryl methyl sites for hydroxylation is 2. The molecule has 0 saturated heterocycles. The molecular formula is C24H24Si. The van der Waals surface area contributed by atoms with Gasteiger partial charge in [0.25, 0.3) is 0 Å². The average Bonchev–Trinajstić information content (AvgIpc) is 2.61. The van der Waals surface area contributed by atoms with Gasteiger partial charge in [-0.05, 0) is 58.6 Å². The Morgan fingerprint density at radius 3 is 1.52 bits per heavy atom. The van der Waals surface area contributed by atoms with Crippen LogP contribution in [0.4, 0.5) is 0 Å². The minimum absolute atomic E-state index is 0.194. The van der Waals surface area contributed by atoms with Crippen LogP contribution < -0.4 is 0 Å². The Bertz CT molecular complexity index is 961. The molecule has 0 heterocycles. The third-order valence-electron chi connectivity index (χ3n) is 5.08. The molecule has 0 atom stereocenters. The van der Waals surface area contributed by atoms with E-state index in [2.05, 4.69) is 86.6 Å². The van der Waals surface area contributed by atoms with Gasteiger partial charge >= 0.3 is 0 Å². The SMILES string of the molecule is Cc1cc(C[SiH2]Cc2cc(C)cc3ccccc23)c2ccccc2c1. The van der Waals surface area contributed by atoms with Gasteiger partial charge < -0.3 is 0 Å². The first-order chi connectivity index (χ1) is 12.2. The van der Waals surface area contributed by atoms with Crippen molar-refractivity contribution in [2.75, 3.05) is 0 Å². The lowest BCUT2D eigenvalue weighted by Crippen LogP contribution is -2.03. The molecule has 0 N–H and O–H groups in total. The van der Waals surface area contributed by atoms with Gasteiger partial charge in [-0.15, -0.1) is 0 Å². The fourth-order valence-electron chi connectivity index (χ4n) is 3.99. The molecule has 4 rings (SSSR count). The molecule has 4 aromatic carbocycles. The van der Waals surface area contributed by atoms with Crippen molar-refractivity contribution in [1.82, 2.24) is 0 Å². The summed E-state index contributed by atoms with van der Waals surface area (Å²) in [5, 5.41) is 5.64. The zero-order valence-corrected chi connectivity index (χ0v) is 16.5.